The number of nitrogens with two attached hydrogens (primary N) is 1. The largest absolute Gasteiger partial charge is 0.497 e. The Bertz CT molecular complexity index is 677. The zero-order valence-corrected chi connectivity index (χ0v) is 13.1. The average Bonchev–Trinajstić information content (AvgIpc) is 2.49. The lowest BCUT2D eigenvalue weighted by molar-refractivity contribution is 0.102. The van der Waals surface area contributed by atoms with Crippen molar-refractivity contribution in [2.75, 3.05) is 25.3 Å². The summed E-state index contributed by atoms with van der Waals surface area (Å²) in [5.74, 6) is 0.486. The average molecular weight is 352 g/mol. The molecule has 7 heteroatoms. The monoisotopic (exact) mass is 351 g/mol. The van der Waals surface area contributed by atoms with Crippen LogP contribution in [-0.2, 0) is 0 Å². The number of methoxy groups -OCH3 is 2. The summed E-state index contributed by atoms with van der Waals surface area (Å²) in [6.07, 6.45) is 1.61. The summed E-state index contributed by atoms with van der Waals surface area (Å²) < 4.78 is 10.8. The van der Waals surface area contributed by atoms with Crippen LogP contribution in [0.4, 0.5) is 11.4 Å². The van der Waals surface area contributed by atoms with E-state index in [2.05, 4.69) is 26.2 Å². The molecular formula is C14H14BrN3O3. The van der Waals surface area contributed by atoms with Crippen molar-refractivity contribution in [3.63, 3.8) is 0 Å². The van der Waals surface area contributed by atoms with E-state index in [1.807, 2.05) is 0 Å². The molecule has 2 rings (SSSR count). The summed E-state index contributed by atoms with van der Waals surface area (Å²) in [5.41, 5.74) is 7.00. The quantitative estimate of drug-likeness (QED) is 0.653. The Labute approximate surface area is 130 Å². The molecule has 0 radical (unpaired) electrons. The van der Waals surface area contributed by atoms with Crippen LogP contribution in [0.5, 0.6) is 11.5 Å². The molecule has 0 aliphatic rings. The highest BCUT2D eigenvalue weighted by Gasteiger charge is 2.17. The van der Waals surface area contributed by atoms with E-state index in [0.29, 0.717) is 21.8 Å². The molecule has 0 saturated heterocycles. The molecule has 0 atom stereocenters. The van der Waals surface area contributed by atoms with E-state index in [0.717, 1.165) is 0 Å². The lowest BCUT2D eigenvalue weighted by Crippen LogP contribution is -2.15. The van der Waals surface area contributed by atoms with Gasteiger partial charge in [-0.05, 0) is 34.1 Å². The van der Waals surface area contributed by atoms with E-state index in [9.17, 15) is 4.79 Å². The number of aromatic nitrogens is 1. The van der Waals surface area contributed by atoms with Gasteiger partial charge in [0.1, 0.15) is 16.1 Å². The second kappa shape index (κ2) is 6.45. The van der Waals surface area contributed by atoms with Crippen molar-refractivity contribution in [1.82, 2.24) is 4.98 Å². The highest BCUT2D eigenvalue weighted by Crippen LogP contribution is 2.31. The third-order valence-electron chi connectivity index (χ3n) is 2.82. The van der Waals surface area contributed by atoms with Crippen molar-refractivity contribution in [3.8, 4) is 11.5 Å². The first-order chi connectivity index (χ1) is 10.1. The van der Waals surface area contributed by atoms with Gasteiger partial charge in [0, 0.05) is 12.3 Å². The minimum Gasteiger partial charge on any atom is -0.497 e. The number of amides is 1. The van der Waals surface area contributed by atoms with Crippen molar-refractivity contribution in [2.24, 2.45) is 0 Å². The second-order valence-electron chi connectivity index (χ2n) is 4.09. The Morgan fingerprint density at radius 2 is 2.10 bits per heavy atom. The number of ether oxygens (including phenoxy) is 2. The molecule has 3 N–H and O–H groups in total. The van der Waals surface area contributed by atoms with E-state index in [1.165, 1.54) is 14.2 Å². The van der Waals surface area contributed by atoms with Crippen molar-refractivity contribution in [3.05, 3.63) is 40.6 Å². The van der Waals surface area contributed by atoms with Gasteiger partial charge in [0.15, 0.2) is 0 Å². The predicted molar refractivity (Wildman–Crippen MR) is 83.8 cm³/mol. The number of nitrogens with one attached hydrogen (secondary N) is 1. The number of nitrogens with zero attached hydrogens (tertiary/aromatic N) is 1. The van der Waals surface area contributed by atoms with E-state index >= 15 is 0 Å². The summed E-state index contributed by atoms with van der Waals surface area (Å²) in [4.78, 5) is 16.4. The number of benzene rings is 1. The van der Waals surface area contributed by atoms with Crippen LogP contribution in [0.2, 0.25) is 0 Å². The van der Waals surface area contributed by atoms with Crippen LogP contribution in [0.25, 0.3) is 0 Å². The minimum absolute atomic E-state index is 0.246. The lowest BCUT2D eigenvalue weighted by atomic mass is 10.1. The van der Waals surface area contributed by atoms with Crippen LogP contribution in [0.3, 0.4) is 0 Å². The standard InChI is InChI=1S/C14H14BrN3O3/c1-20-8-6-9(12(16)11(7-8)21-2)14(19)18-10-4-3-5-17-13(10)15/h3-7H,16H2,1-2H3,(H,18,19). The second-order valence-corrected chi connectivity index (χ2v) is 4.84. The van der Waals surface area contributed by atoms with Crippen LogP contribution in [-0.4, -0.2) is 25.1 Å². The molecule has 0 aliphatic carbocycles. The Kier molecular flexibility index (Phi) is 4.64. The summed E-state index contributed by atoms with van der Waals surface area (Å²) >= 11 is 3.27. The molecule has 1 aromatic carbocycles. The van der Waals surface area contributed by atoms with Gasteiger partial charge in [0.2, 0.25) is 0 Å². The summed E-state index contributed by atoms with van der Waals surface area (Å²) in [6, 6.07) is 6.61. The third kappa shape index (κ3) is 3.25. The fraction of sp³-hybridized carbons (Fsp3) is 0.143. The lowest BCUT2D eigenvalue weighted by Gasteiger charge is -2.13. The van der Waals surface area contributed by atoms with Gasteiger partial charge in [0.25, 0.3) is 5.91 Å². The third-order valence-corrected chi connectivity index (χ3v) is 3.46. The smallest absolute Gasteiger partial charge is 0.258 e. The highest BCUT2D eigenvalue weighted by atomic mass is 79.9. The van der Waals surface area contributed by atoms with Gasteiger partial charge in [-0.15, -0.1) is 0 Å². The number of carbonyl (C=O) groups excluding carboxylic acids is 1. The van der Waals surface area contributed by atoms with Gasteiger partial charge < -0.3 is 20.5 Å². The van der Waals surface area contributed by atoms with E-state index in [1.54, 1.807) is 30.5 Å². The number of pyridine rings is 1. The number of nitrogen functional groups attached to an aromatic ring is 1. The zero-order chi connectivity index (χ0) is 15.4. The first-order valence-electron chi connectivity index (χ1n) is 6.00. The summed E-state index contributed by atoms with van der Waals surface area (Å²) in [7, 11) is 2.98. The number of hydrogen-bond donors (Lipinski definition) is 2. The molecule has 0 aliphatic heterocycles. The maximum Gasteiger partial charge on any atom is 0.258 e. The fourth-order valence-electron chi connectivity index (χ4n) is 1.74. The maximum absolute atomic E-state index is 12.4. The van der Waals surface area contributed by atoms with Gasteiger partial charge >= 0.3 is 0 Å². The van der Waals surface area contributed by atoms with E-state index in [4.69, 9.17) is 15.2 Å². The van der Waals surface area contributed by atoms with Crippen LogP contribution in [0.1, 0.15) is 10.4 Å². The number of anilines is 2. The topological polar surface area (TPSA) is 86.5 Å². The molecule has 1 heterocycles. The highest BCUT2D eigenvalue weighted by molar-refractivity contribution is 9.10. The van der Waals surface area contributed by atoms with Crippen molar-refractivity contribution in [2.45, 2.75) is 0 Å². The number of halogens is 1. The number of hydrogen-bond acceptors (Lipinski definition) is 5. The zero-order valence-electron chi connectivity index (χ0n) is 11.5. The molecule has 0 saturated carbocycles. The van der Waals surface area contributed by atoms with Gasteiger partial charge in [0.05, 0.1) is 31.2 Å². The van der Waals surface area contributed by atoms with Crippen LogP contribution < -0.4 is 20.5 Å². The molecule has 6 nitrogen and oxygen atoms in total. The van der Waals surface area contributed by atoms with Crippen molar-refractivity contribution in [1.29, 1.82) is 0 Å². The predicted octanol–water partition coefficient (Wildman–Crippen LogP) is 2.70. The van der Waals surface area contributed by atoms with E-state index < -0.39 is 0 Å². The Morgan fingerprint density at radius 1 is 1.33 bits per heavy atom. The molecule has 0 fully saturated rings. The van der Waals surface area contributed by atoms with Gasteiger partial charge in [-0.25, -0.2) is 4.98 Å². The molecule has 110 valence electrons. The Hall–Kier alpha value is -2.28. The number of carbonyl (C=O) groups is 1. The number of rotatable bonds is 4. The van der Waals surface area contributed by atoms with E-state index in [-0.39, 0.29) is 17.2 Å². The molecule has 0 bridgehead atoms. The van der Waals surface area contributed by atoms with Crippen LogP contribution >= 0.6 is 15.9 Å². The Balaban J connectivity index is 2.37. The van der Waals surface area contributed by atoms with Gasteiger partial charge in [-0.1, -0.05) is 0 Å². The van der Waals surface area contributed by atoms with Gasteiger partial charge in [-0.3, -0.25) is 4.79 Å². The summed E-state index contributed by atoms with van der Waals surface area (Å²) in [5, 5.41) is 2.73. The molecule has 1 aromatic heterocycles. The minimum atomic E-state index is -0.376. The molecular weight excluding hydrogens is 338 g/mol. The first-order valence-corrected chi connectivity index (χ1v) is 6.79. The molecule has 0 unspecified atom stereocenters. The van der Waals surface area contributed by atoms with Crippen LogP contribution in [0.15, 0.2) is 35.1 Å². The normalized spacial score (nSPS) is 10.0. The molecule has 1 amide bonds. The van der Waals surface area contributed by atoms with Crippen molar-refractivity contribution >= 4 is 33.2 Å². The Morgan fingerprint density at radius 3 is 2.71 bits per heavy atom. The molecule has 2 aromatic rings. The molecule has 21 heavy (non-hydrogen) atoms. The SMILES string of the molecule is COc1cc(OC)c(N)c(C(=O)Nc2cccnc2Br)c1. The fourth-order valence-corrected chi connectivity index (χ4v) is 2.09. The van der Waals surface area contributed by atoms with Crippen LogP contribution in [0, 0.1) is 0 Å². The van der Waals surface area contributed by atoms with Gasteiger partial charge in [-0.2, -0.15) is 0 Å². The maximum atomic E-state index is 12.4. The van der Waals surface area contributed by atoms with Crippen molar-refractivity contribution < 1.29 is 14.3 Å². The summed E-state index contributed by atoms with van der Waals surface area (Å²) in [6.45, 7) is 0. The molecule has 0 spiro atoms. The first kappa shape index (κ1) is 15.1.